The van der Waals surface area contributed by atoms with E-state index in [1.54, 1.807) is 20.3 Å². The van der Waals surface area contributed by atoms with Crippen molar-refractivity contribution < 1.29 is 19.1 Å². The third-order valence-corrected chi connectivity index (χ3v) is 4.71. The SMILES string of the molecule is COc1ccc(CNC(=O)[C@@H](Cc2c[nH]c3ccccc23)NC(C)=O)cc1OC. The smallest absolute Gasteiger partial charge is 0.243 e. The maximum Gasteiger partial charge on any atom is 0.243 e. The van der Waals surface area contributed by atoms with Crippen LogP contribution in [0.5, 0.6) is 11.5 Å². The number of amides is 2. The molecular formula is C22H25N3O4. The van der Waals surface area contributed by atoms with E-state index in [2.05, 4.69) is 15.6 Å². The maximum absolute atomic E-state index is 12.8. The highest BCUT2D eigenvalue weighted by molar-refractivity contribution is 5.89. The molecule has 3 aromatic rings. The zero-order valence-electron chi connectivity index (χ0n) is 16.7. The number of rotatable bonds is 8. The Labute approximate surface area is 169 Å². The molecule has 1 atom stereocenters. The van der Waals surface area contributed by atoms with E-state index in [1.807, 2.05) is 42.6 Å². The molecule has 3 N–H and O–H groups in total. The first-order valence-corrected chi connectivity index (χ1v) is 9.32. The third kappa shape index (κ3) is 4.87. The lowest BCUT2D eigenvalue weighted by Crippen LogP contribution is -2.47. The summed E-state index contributed by atoms with van der Waals surface area (Å²) >= 11 is 0. The van der Waals surface area contributed by atoms with Gasteiger partial charge >= 0.3 is 0 Å². The zero-order chi connectivity index (χ0) is 20.8. The number of benzene rings is 2. The number of aromatic nitrogens is 1. The summed E-state index contributed by atoms with van der Waals surface area (Å²) in [4.78, 5) is 27.6. The van der Waals surface area contributed by atoms with Crippen LogP contribution in [0.2, 0.25) is 0 Å². The Bertz CT molecular complexity index is 1010. The number of aromatic amines is 1. The van der Waals surface area contributed by atoms with E-state index in [0.29, 0.717) is 24.5 Å². The predicted molar refractivity (Wildman–Crippen MR) is 111 cm³/mol. The molecule has 0 spiro atoms. The van der Waals surface area contributed by atoms with Gasteiger partial charge in [0.25, 0.3) is 0 Å². The van der Waals surface area contributed by atoms with Gasteiger partial charge in [0.2, 0.25) is 11.8 Å². The standard InChI is InChI=1S/C22H25N3O4/c1-14(26)25-19(11-16-13-23-18-7-5-4-6-17(16)18)22(27)24-12-15-8-9-20(28-2)21(10-15)29-3/h4-10,13,19,23H,11-12H2,1-3H3,(H,24,27)(H,25,26)/t19-/m1/s1. The average Bonchev–Trinajstić information content (AvgIpc) is 3.13. The number of hydrogen-bond donors (Lipinski definition) is 3. The van der Waals surface area contributed by atoms with Crippen LogP contribution in [0.1, 0.15) is 18.1 Å². The summed E-state index contributed by atoms with van der Waals surface area (Å²) < 4.78 is 10.5. The molecule has 2 aromatic carbocycles. The number of carbonyl (C=O) groups excluding carboxylic acids is 2. The van der Waals surface area contributed by atoms with Crippen LogP contribution in [0, 0.1) is 0 Å². The molecule has 1 aromatic heterocycles. The van der Waals surface area contributed by atoms with Crippen molar-refractivity contribution in [3.63, 3.8) is 0 Å². The molecule has 0 fully saturated rings. The normalized spacial score (nSPS) is 11.7. The molecule has 0 bridgehead atoms. The zero-order valence-corrected chi connectivity index (χ0v) is 16.7. The molecule has 7 heteroatoms. The van der Waals surface area contributed by atoms with Gasteiger partial charge in [-0.15, -0.1) is 0 Å². The molecule has 2 amide bonds. The molecule has 0 unspecified atom stereocenters. The molecule has 29 heavy (non-hydrogen) atoms. The number of carbonyl (C=O) groups is 2. The van der Waals surface area contributed by atoms with Crippen molar-refractivity contribution in [2.45, 2.75) is 25.9 Å². The topological polar surface area (TPSA) is 92.5 Å². The second-order valence-electron chi connectivity index (χ2n) is 6.72. The molecular weight excluding hydrogens is 370 g/mol. The Morgan fingerprint density at radius 1 is 1.07 bits per heavy atom. The highest BCUT2D eigenvalue weighted by atomic mass is 16.5. The van der Waals surface area contributed by atoms with E-state index in [0.717, 1.165) is 22.0 Å². The largest absolute Gasteiger partial charge is 0.493 e. The van der Waals surface area contributed by atoms with Gasteiger partial charge in [0.15, 0.2) is 11.5 Å². The molecule has 3 rings (SSSR count). The first-order valence-electron chi connectivity index (χ1n) is 9.32. The Balaban J connectivity index is 1.71. The number of ether oxygens (including phenoxy) is 2. The molecule has 0 aliphatic rings. The van der Waals surface area contributed by atoms with Gasteiger partial charge in [-0.1, -0.05) is 24.3 Å². The van der Waals surface area contributed by atoms with Crippen molar-refractivity contribution >= 4 is 22.7 Å². The number of hydrogen-bond acceptors (Lipinski definition) is 4. The van der Waals surface area contributed by atoms with Crippen LogP contribution in [0.15, 0.2) is 48.7 Å². The van der Waals surface area contributed by atoms with Gasteiger partial charge in [-0.05, 0) is 29.3 Å². The van der Waals surface area contributed by atoms with Crippen LogP contribution in [0.3, 0.4) is 0 Å². The van der Waals surface area contributed by atoms with Gasteiger partial charge in [-0.2, -0.15) is 0 Å². The lowest BCUT2D eigenvalue weighted by molar-refractivity contribution is -0.128. The number of fused-ring (bicyclic) bond motifs is 1. The van der Waals surface area contributed by atoms with Crippen molar-refractivity contribution in [1.82, 2.24) is 15.6 Å². The minimum Gasteiger partial charge on any atom is -0.493 e. The highest BCUT2D eigenvalue weighted by Gasteiger charge is 2.21. The summed E-state index contributed by atoms with van der Waals surface area (Å²) in [5.41, 5.74) is 2.83. The van der Waals surface area contributed by atoms with Crippen LogP contribution < -0.4 is 20.1 Å². The Hall–Kier alpha value is -3.48. The van der Waals surface area contributed by atoms with Crippen LogP contribution in [-0.4, -0.2) is 37.1 Å². The van der Waals surface area contributed by atoms with Gasteiger partial charge in [0, 0.05) is 37.0 Å². The molecule has 0 aliphatic carbocycles. The minimum atomic E-state index is -0.674. The van der Waals surface area contributed by atoms with Gasteiger partial charge < -0.3 is 25.1 Å². The fourth-order valence-electron chi connectivity index (χ4n) is 3.28. The van der Waals surface area contributed by atoms with Crippen molar-refractivity contribution in [3.05, 3.63) is 59.8 Å². The van der Waals surface area contributed by atoms with Crippen LogP contribution in [0.4, 0.5) is 0 Å². The Morgan fingerprint density at radius 3 is 2.55 bits per heavy atom. The molecule has 0 radical (unpaired) electrons. The summed E-state index contributed by atoms with van der Waals surface area (Å²) in [6.07, 6.45) is 2.27. The lowest BCUT2D eigenvalue weighted by atomic mass is 10.0. The number of nitrogens with one attached hydrogen (secondary N) is 3. The molecule has 0 saturated heterocycles. The minimum absolute atomic E-state index is 0.250. The van der Waals surface area contributed by atoms with Crippen LogP contribution in [0.25, 0.3) is 10.9 Å². The predicted octanol–water partition coefficient (Wildman–Crippen LogP) is 2.55. The van der Waals surface area contributed by atoms with Crippen LogP contribution in [-0.2, 0) is 22.6 Å². The van der Waals surface area contributed by atoms with Gasteiger partial charge in [-0.3, -0.25) is 9.59 Å². The summed E-state index contributed by atoms with van der Waals surface area (Å²) in [6, 6.07) is 12.6. The van der Waals surface area contributed by atoms with Crippen LogP contribution >= 0.6 is 0 Å². The fraction of sp³-hybridized carbons (Fsp3) is 0.273. The number of H-pyrrole nitrogens is 1. The summed E-state index contributed by atoms with van der Waals surface area (Å²) in [7, 11) is 3.14. The molecule has 7 nitrogen and oxygen atoms in total. The highest BCUT2D eigenvalue weighted by Crippen LogP contribution is 2.27. The number of methoxy groups -OCH3 is 2. The first-order chi connectivity index (χ1) is 14.0. The fourth-order valence-corrected chi connectivity index (χ4v) is 3.28. The molecule has 0 saturated carbocycles. The van der Waals surface area contributed by atoms with E-state index >= 15 is 0 Å². The second-order valence-corrected chi connectivity index (χ2v) is 6.72. The van der Waals surface area contributed by atoms with E-state index in [1.165, 1.54) is 6.92 Å². The maximum atomic E-state index is 12.8. The second kappa shape index (κ2) is 9.14. The van der Waals surface area contributed by atoms with Crippen molar-refractivity contribution in [3.8, 4) is 11.5 Å². The van der Waals surface area contributed by atoms with E-state index < -0.39 is 6.04 Å². The monoisotopic (exact) mass is 395 g/mol. The van der Waals surface area contributed by atoms with Crippen molar-refractivity contribution in [2.75, 3.05) is 14.2 Å². The van der Waals surface area contributed by atoms with Gasteiger partial charge in [0.1, 0.15) is 6.04 Å². The van der Waals surface area contributed by atoms with E-state index in [4.69, 9.17) is 9.47 Å². The molecule has 0 aliphatic heterocycles. The van der Waals surface area contributed by atoms with Crippen molar-refractivity contribution in [2.24, 2.45) is 0 Å². The summed E-state index contributed by atoms with van der Waals surface area (Å²) in [5, 5.41) is 6.68. The molecule has 1 heterocycles. The van der Waals surface area contributed by atoms with Gasteiger partial charge in [0.05, 0.1) is 14.2 Å². The number of para-hydroxylation sites is 1. The van der Waals surface area contributed by atoms with Gasteiger partial charge in [-0.25, -0.2) is 0 Å². The van der Waals surface area contributed by atoms with E-state index in [9.17, 15) is 9.59 Å². The Kier molecular flexibility index (Phi) is 6.39. The average molecular weight is 395 g/mol. The van der Waals surface area contributed by atoms with Crippen molar-refractivity contribution in [1.29, 1.82) is 0 Å². The van der Waals surface area contributed by atoms with E-state index in [-0.39, 0.29) is 11.8 Å². The molecule has 152 valence electrons. The third-order valence-electron chi connectivity index (χ3n) is 4.71. The summed E-state index contributed by atoms with van der Waals surface area (Å²) in [5.74, 6) is 0.714. The quantitative estimate of drug-likeness (QED) is 0.547. The Morgan fingerprint density at radius 2 is 1.83 bits per heavy atom. The first kappa shape index (κ1) is 20.3. The lowest BCUT2D eigenvalue weighted by Gasteiger charge is -2.18. The summed E-state index contributed by atoms with van der Waals surface area (Å²) in [6.45, 7) is 1.72.